The van der Waals surface area contributed by atoms with Gasteiger partial charge in [-0.05, 0) is 52.5 Å². The summed E-state index contributed by atoms with van der Waals surface area (Å²) in [5.41, 5.74) is 6.38. The molecule has 0 saturated heterocycles. The molecule has 1 atom stereocenters. The highest BCUT2D eigenvalue weighted by molar-refractivity contribution is 9.10. The second-order valence-electron chi connectivity index (χ2n) is 4.81. The largest absolute Gasteiger partial charge is 0.573 e. The van der Waals surface area contributed by atoms with Crippen LogP contribution in [0.15, 0.2) is 22.7 Å². The van der Waals surface area contributed by atoms with Crippen LogP contribution in [0.1, 0.15) is 13.8 Å². The molecule has 0 aliphatic rings. The van der Waals surface area contributed by atoms with Crippen molar-refractivity contribution in [2.24, 2.45) is 17.6 Å². The lowest BCUT2D eigenvalue weighted by molar-refractivity contribution is -0.274. The Morgan fingerprint density at radius 2 is 2.00 bits per heavy atom. The lowest BCUT2D eigenvalue weighted by Crippen LogP contribution is -2.27. The van der Waals surface area contributed by atoms with E-state index in [1.807, 2.05) is 0 Å². The SMILES string of the molecule is CC(C)C(CN)CNc1ccc(OC(F)(F)F)c(Br)c1. The maximum absolute atomic E-state index is 12.1. The van der Waals surface area contributed by atoms with Gasteiger partial charge in [-0.1, -0.05) is 13.8 Å². The van der Waals surface area contributed by atoms with Crippen LogP contribution < -0.4 is 15.8 Å². The second-order valence-corrected chi connectivity index (χ2v) is 5.67. The van der Waals surface area contributed by atoms with Crippen LogP contribution in [0.3, 0.4) is 0 Å². The molecule has 0 saturated carbocycles. The molecular weight excluding hydrogens is 337 g/mol. The third kappa shape index (κ3) is 5.58. The predicted octanol–water partition coefficient (Wildman–Crippen LogP) is 3.99. The van der Waals surface area contributed by atoms with Crippen molar-refractivity contribution in [3.63, 3.8) is 0 Å². The molecule has 0 aliphatic heterocycles. The first-order valence-electron chi connectivity index (χ1n) is 6.22. The lowest BCUT2D eigenvalue weighted by Gasteiger charge is -2.20. The number of anilines is 1. The fraction of sp³-hybridized carbons (Fsp3) is 0.538. The number of halogens is 4. The van der Waals surface area contributed by atoms with E-state index in [0.717, 1.165) is 0 Å². The lowest BCUT2D eigenvalue weighted by atomic mass is 9.96. The smallest absolute Gasteiger partial charge is 0.405 e. The summed E-state index contributed by atoms with van der Waals surface area (Å²) in [4.78, 5) is 0. The summed E-state index contributed by atoms with van der Waals surface area (Å²) >= 11 is 3.06. The minimum absolute atomic E-state index is 0.244. The first-order chi connectivity index (χ1) is 9.23. The molecule has 1 aromatic rings. The number of rotatable bonds is 6. The van der Waals surface area contributed by atoms with Crippen LogP contribution in [0, 0.1) is 11.8 Å². The van der Waals surface area contributed by atoms with Gasteiger partial charge in [-0.3, -0.25) is 0 Å². The summed E-state index contributed by atoms with van der Waals surface area (Å²) in [7, 11) is 0. The van der Waals surface area contributed by atoms with Crippen LogP contribution in [-0.2, 0) is 0 Å². The number of nitrogens with two attached hydrogens (primary N) is 1. The number of hydrogen-bond acceptors (Lipinski definition) is 3. The molecule has 7 heteroatoms. The van der Waals surface area contributed by atoms with Gasteiger partial charge in [0.25, 0.3) is 0 Å². The molecule has 114 valence electrons. The summed E-state index contributed by atoms with van der Waals surface area (Å²) in [6, 6.07) is 4.36. The van der Waals surface area contributed by atoms with Crippen molar-refractivity contribution in [2.45, 2.75) is 20.2 Å². The molecule has 0 aliphatic carbocycles. The Morgan fingerprint density at radius 3 is 2.45 bits per heavy atom. The first-order valence-corrected chi connectivity index (χ1v) is 7.01. The molecule has 1 aromatic carbocycles. The normalized spacial score (nSPS) is 13.4. The van der Waals surface area contributed by atoms with E-state index < -0.39 is 6.36 Å². The quantitative estimate of drug-likeness (QED) is 0.811. The molecule has 0 amide bonds. The van der Waals surface area contributed by atoms with Crippen molar-refractivity contribution in [1.29, 1.82) is 0 Å². The summed E-state index contributed by atoms with van der Waals surface area (Å²) in [5, 5.41) is 3.16. The van der Waals surface area contributed by atoms with Crippen molar-refractivity contribution in [1.82, 2.24) is 0 Å². The van der Waals surface area contributed by atoms with Gasteiger partial charge in [0.05, 0.1) is 4.47 Å². The molecule has 20 heavy (non-hydrogen) atoms. The molecule has 0 heterocycles. The van der Waals surface area contributed by atoms with Crippen molar-refractivity contribution in [3.05, 3.63) is 22.7 Å². The topological polar surface area (TPSA) is 47.3 Å². The van der Waals surface area contributed by atoms with Gasteiger partial charge in [0.15, 0.2) is 0 Å². The van der Waals surface area contributed by atoms with Gasteiger partial charge in [0.1, 0.15) is 5.75 Å². The van der Waals surface area contributed by atoms with Gasteiger partial charge in [-0.25, -0.2) is 0 Å². The molecule has 1 unspecified atom stereocenters. The van der Waals surface area contributed by atoms with Crippen LogP contribution in [0.25, 0.3) is 0 Å². The second kappa shape index (κ2) is 7.17. The van der Waals surface area contributed by atoms with Crippen molar-refractivity contribution < 1.29 is 17.9 Å². The Morgan fingerprint density at radius 1 is 1.35 bits per heavy atom. The van der Waals surface area contributed by atoms with Gasteiger partial charge in [0, 0.05) is 12.2 Å². The van der Waals surface area contributed by atoms with Gasteiger partial charge in [-0.2, -0.15) is 0 Å². The van der Waals surface area contributed by atoms with E-state index in [2.05, 4.69) is 39.8 Å². The first kappa shape index (κ1) is 17.1. The molecule has 0 bridgehead atoms. The Kier molecular flexibility index (Phi) is 6.13. The zero-order valence-electron chi connectivity index (χ0n) is 11.3. The fourth-order valence-electron chi connectivity index (χ4n) is 1.66. The van der Waals surface area contributed by atoms with Gasteiger partial charge in [0.2, 0.25) is 0 Å². The Balaban J connectivity index is 2.68. The molecule has 3 N–H and O–H groups in total. The zero-order valence-corrected chi connectivity index (χ0v) is 12.9. The Hall–Kier alpha value is -0.950. The van der Waals surface area contributed by atoms with E-state index in [9.17, 15) is 13.2 Å². The van der Waals surface area contributed by atoms with E-state index >= 15 is 0 Å². The summed E-state index contributed by atoms with van der Waals surface area (Å²) in [6.07, 6.45) is -4.69. The molecule has 1 rings (SSSR count). The van der Waals surface area contributed by atoms with E-state index in [4.69, 9.17) is 5.73 Å². The number of ether oxygens (including phenoxy) is 1. The minimum atomic E-state index is -4.69. The third-order valence-electron chi connectivity index (χ3n) is 2.97. The standard InChI is InChI=1S/C13H18BrF3N2O/c1-8(2)9(6-18)7-19-10-3-4-12(11(14)5-10)20-13(15,16)17/h3-5,8-9,19H,6-7,18H2,1-2H3. The van der Waals surface area contributed by atoms with Gasteiger partial charge >= 0.3 is 6.36 Å². The van der Waals surface area contributed by atoms with Crippen molar-refractivity contribution >= 4 is 21.6 Å². The molecule has 0 aromatic heterocycles. The number of hydrogen-bond donors (Lipinski definition) is 2. The van der Waals surface area contributed by atoms with Gasteiger partial charge < -0.3 is 15.8 Å². The van der Waals surface area contributed by atoms with Crippen molar-refractivity contribution in [2.75, 3.05) is 18.4 Å². The van der Waals surface area contributed by atoms with Crippen LogP contribution in [0.5, 0.6) is 5.75 Å². The molecule has 0 spiro atoms. The van der Waals surface area contributed by atoms with Crippen LogP contribution in [-0.4, -0.2) is 19.5 Å². The molecular formula is C13H18BrF3N2O. The van der Waals surface area contributed by atoms with E-state index in [-0.39, 0.29) is 10.2 Å². The highest BCUT2D eigenvalue weighted by Gasteiger charge is 2.31. The summed E-state index contributed by atoms with van der Waals surface area (Å²) < 4.78 is 40.5. The predicted molar refractivity (Wildman–Crippen MR) is 76.7 cm³/mol. The van der Waals surface area contributed by atoms with Crippen LogP contribution >= 0.6 is 15.9 Å². The van der Waals surface area contributed by atoms with E-state index in [1.165, 1.54) is 6.07 Å². The highest BCUT2D eigenvalue weighted by Crippen LogP contribution is 2.32. The Labute approximate surface area is 124 Å². The number of alkyl halides is 3. The number of benzene rings is 1. The van der Waals surface area contributed by atoms with Crippen LogP contribution in [0.4, 0.5) is 18.9 Å². The third-order valence-corrected chi connectivity index (χ3v) is 3.59. The average Bonchev–Trinajstić information content (AvgIpc) is 2.31. The van der Waals surface area contributed by atoms with Crippen molar-refractivity contribution in [3.8, 4) is 5.75 Å². The minimum Gasteiger partial charge on any atom is -0.405 e. The van der Waals surface area contributed by atoms with Crippen LogP contribution in [0.2, 0.25) is 0 Å². The number of nitrogens with one attached hydrogen (secondary N) is 1. The zero-order chi connectivity index (χ0) is 15.3. The van der Waals surface area contributed by atoms with E-state index in [1.54, 1.807) is 12.1 Å². The maximum atomic E-state index is 12.1. The van der Waals surface area contributed by atoms with Gasteiger partial charge in [-0.15, -0.1) is 13.2 Å². The molecule has 3 nitrogen and oxygen atoms in total. The fourth-order valence-corrected chi connectivity index (χ4v) is 2.12. The summed E-state index contributed by atoms with van der Waals surface area (Å²) in [6.45, 7) is 5.38. The van der Waals surface area contributed by atoms with E-state index in [0.29, 0.717) is 30.6 Å². The highest BCUT2D eigenvalue weighted by atomic mass is 79.9. The average molecular weight is 355 g/mol. The molecule has 0 fully saturated rings. The maximum Gasteiger partial charge on any atom is 0.573 e. The Bertz CT molecular complexity index is 438. The summed E-state index contributed by atoms with van der Waals surface area (Å²) in [5.74, 6) is 0.478. The monoisotopic (exact) mass is 354 g/mol. The molecule has 0 radical (unpaired) electrons.